The van der Waals surface area contributed by atoms with Crippen LogP contribution in [-0.2, 0) is 4.79 Å². The summed E-state index contributed by atoms with van der Waals surface area (Å²) in [4.78, 5) is 21.5. The number of carbonyl (C=O) groups excluding carboxylic acids is 2. The molecule has 1 aliphatic heterocycles. The SMILES string of the molecule is C/C=C\C.CC(C)C1SC(=O)NC1=O. The lowest BCUT2D eigenvalue weighted by Crippen LogP contribution is -2.27. The van der Waals surface area contributed by atoms with Gasteiger partial charge in [-0.05, 0) is 19.8 Å². The monoisotopic (exact) mass is 215 g/mol. The second-order valence-corrected chi connectivity index (χ2v) is 4.34. The normalized spacial score (nSPS) is 21.1. The molecule has 14 heavy (non-hydrogen) atoms. The predicted octanol–water partition coefficient (Wildman–Crippen LogP) is 2.58. The standard InChI is InChI=1S/C6H9NO2S.C4H8/c1-3(2)4-5(8)7-6(9)10-4;1-3-4-2/h3-4H,1-2H3,(H,7,8,9);3-4H,1-2H3/b;4-3-. The molecule has 2 amide bonds. The molecule has 0 aromatic rings. The van der Waals surface area contributed by atoms with Crippen molar-refractivity contribution < 1.29 is 9.59 Å². The molecule has 80 valence electrons. The van der Waals surface area contributed by atoms with E-state index in [0.29, 0.717) is 0 Å². The fourth-order valence-corrected chi connectivity index (χ4v) is 1.64. The smallest absolute Gasteiger partial charge is 0.286 e. The van der Waals surface area contributed by atoms with E-state index in [-0.39, 0.29) is 22.3 Å². The molecular weight excluding hydrogens is 198 g/mol. The Hall–Kier alpha value is -0.770. The van der Waals surface area contributed by atoms with E-state index in [1.807, 2.05) is 39.8 Å². The van der Waals surface area contributed by atoms with Crippen LogP contribution < -0.4 is 5.32 Å². The molecule has 0 aromatic heterocycles. The zero-order valence-electron chi connectivity index (χ0n) is 9.03. The maximum Gasteiger partial charge on any atom is 0.286 e. The van der Waals surface area contributed by atoms with Crippen LogP contribution in [0.2, 0.25) is 0 Å². The number of hydrogen-bond donors (Lipinski definition) is 1. The lowest BCUT2D eigenvalue weighted by molar-refractivity contribution is -0.119. The molecule has 1 heterocycles. The number of nitrogens with one attached hydrogen (secondary N) is 1. The first kappa shape index (κ1) is 13.2. The highest BCUT2D eigenvalue weighted by Crippen LogP contribution is 2.24. The summed E-state index contributed by atoms with van der Waals surface area (Å²) in [5, 5.41) is 1.84. The summed E-state index contributed by atoms with van der Waals surface area (Å²) in [5.41, 5.74) is 0. The fraction of sp³-hybridized carbons (Fsp3) is 0.600. The van der Waals surface area contributed by atoms with Gasteiger partial charge >= 0.3 is 0 Å². The molecule has 1 N–H and O–H groups in total. The van der Waals surface area contributed by atoms with Crippen LogP contribution in [0.5, 0.6) is 0 Å². The van der Waals surface area contributed by atoms with E-state index < -0.39 is 0 Å². The Morgan fingerprint density at radius 3 is 1.93 bits per heavy atom. The zero-order chi connectivity index (χ0) is 11.1. The minimum Gasteiger partial charge on any atom is -0.286 e. The molecule has 0 radical (unpaired) electrons. The molecule has 3 nitrogen and oxygen atoms in total. The highest BCUT2D eigenvalue weighted by Gasteiger charge is 2.33. The molecule has 4 heteroatoms. The average molecular weight is 215 g/mol. The maximum atomic E-state index is 10.9. The summed E-state index contributed by atoms with van der Waals surface area (Å²) >= 11 is 1.08. The van der Waals surface area contributed by atoms with Crippen LogP contribution >= 0.6 is 11.8 Å². The van der Waals surface area contributed by atoms with Gasteiger partial charge in [-0.3, -0.25) is 14.9 Å². The van der Waals surface area contributed by atoms with Crippen molar-refractivity contribution in [2.75, 3.05) is 0 Å². The van der Waals surface area contributed by atoms with Crippen LogP contribution in [0.3, 0.4) is 0 Å². The summed E-state index contributed by atoms with van der Waals surface area (Å²) in [6, 6.07) is 0. The van der Waals surface area contributed by atoms with Gasteiger partial charge in [0.25, 0.3) is 5.24 Å². The summed E-state index contributed by atoms with van der Waals surface area (Å²) < 4.78 is 0. The second-order valence-electron chi connectivity index (χ2n) is 3.23. The number of hydrogen-bond acceptors (Lipinski definition) is 3. The van der Waals surface area contributed by atoms with Crippen LogP contribution in [0.1, 0.15) is 27.7 Å². The van der Waals surface area contributed by atoms with Gasteiger partial charge in [0.2, 0.25) is 5.91 Å². The predicted molar refractivity (Wildman–Crippen MR) is 60.2 cm³/mol. The first-order valence-corrected chi connectivity index (χ1v) is 5.49. The molecular formula is C10H17NO2S. The van der Waals surface area contributed by atoms with Gasteiger partial charge in [-0.2, -0.15) is 0 Å². The number of thioether (sulfide) groups is 1. The quantitative estimate of drug-likeness (QED) is 0.684. The van der Waals surface area contributed by atoms with Gasteiger partial charge in [0, 0.05) is 0 Å². The van der Waals surface area contributed by atoms with Crippen LogP contribution in [0.15, 0.2) is 12.2 Å². The van der Waals surface area contributed by atoms with E-state index in [4.69, 9.17) is 0 Å². The molecule has 1 saturated heterocycles. The Kier molecular flexibility index (Phi) is 6.28. The van der Waals surface area contributed by atoms with Gasteiger partial charge < -0.3 is 0 Å². The molecule has 0 aliphatic carbocycles. The van der Waals surface area contributed by atoms with E-state index in [2.05, 4.69) is 5.32 Å². The van der Waals surface area contributed by atoms with Crippen molar-refractivity contribution in [3.05, 3.63) is 12.2 Å². The van der Waals surface area contributed by atoms with Crippen molar-refractivity contribution >= 4 is 22.9 Å². The van der Waals surface area contributed by atoms with Crippen molar-refractivity contribution in [3.63, 3.8) is 0 Å². The van der Waals surface area contributed by atoms with Crippen molar-refractivity contribution in [3.8, 4) is 0 Å². The van der Waals surface area contributed by atoms with Gasteiger partial charge in [-0.15, -0.1) is 0 Å². The summed E-state index contributed by atoms with van der Waals surface area (Å²) in [5.74, 6) is 0.0847. The summed E-state index contributed by atoms with van der Waals surface area (Å²) in [6.07, 6.45) is 4.00. The minimum atomic E-state index is -0.219. The van der Waals surface area contributed by atoms with Crippen molar-refractivity contribution in [2.24, 2.45) is 5.92 Å². The second kappa shape index (κ2) is 6.65. The third-order valence-electron chi connectivity index (χ3n) is 1.66. The fourth-order valence-electron chi connectivity index (χ4n) is 0.809. The third kappa shape index (κ3) is 4.46. The summed E-state index contributed by atoms with van der Waals surface area (Å²) in [7, 11) is 0. The van der Waals surface area contributed by atoms with Crippen molar-refractivity contribution in [2.45, 2.75) is 32.9 Å². The Bertz CT molecular complexity index is 232. The number of allylic oxidation sites excluding steroid dienone is 2. The van der Waals surface area contributed by atoms with Gasteiger partial charge in [0.1, 0.15) is 0 Å². The third-order valence-corrected chi connectivity index (χ3v) is 2.98. The molecule has 1 fully saturated rings. The van der Waals surface area contributed by atoms with Gasteiger partial charge in [0.15, 0.2) is 0 Å². The number of carbonyl (C=O) groups is 2. The molecule has 0 aromatic carbocycles. The number of rotatable bonds is 1. The molecule has 1 rings (SSSR count). The van der Waals surface area contributed by atoms with E-state index in [9.17, 15) is 9.59 Å². The Morgan fingerprint density at radius 1 is 1.29 bits per heavy atom. The molecule has 1 atom stereocenters. The van der Waals surface area contributed by atoms with Crippen LogP contribution in [0.25, 0.3) is 0 Å². The zero-order valence-corrected chi connectivity index (χ0v) is 9.85. The van der Waals surface area contributed by atoms with E-state index in [1.54, 1.807) is 0 Å². The highest BCUT2D eigenvalue weighted by molar-refractivity contribution is 8.15. The van der Waals surface area contributed by atoms with E-state index >= 15 is 0 Å². The summed E-state index contributed by atoms with van der Waals surface area (Å²) in [6.45, 7) is 7.85. The molecule has 0 bridgehead atoms. The van der Waals surface area contributed by atoms with Crippen molar-refractivity contribution in [1.29, 1.82) is 0 Å². The lowest BCUT2D eigenvalue weighted by Gasteiger charge is -2.06. The minimum absolute atomic E-state index is 0.148. The van der Waals surface area contributed by atoms with Crippen LogP contribution in [0, 0.1) is 5.92 Å². The Balaban J connectivity index is 0.000000364. The highest BCUT2D eigenvalue weighted by atomic mass is 32.2. The largest absolute Gasteiger partial charge is 0.286 e. The first-order chi connectivity index (χ1) is 6.52. The van der Waals surface area contributed by atoms with Gasteiger partial charge in [-0.1, -0.05) is 37.8 Å². The molecule has 0 spiro atoms. The molecule has 1 aliphatic rings. The van der Waals surface area contributed by atoms with E-state index in [0.717, 1.165) is 11.8 Å². The number of amides is 2. The van der Waals surface area contributed by atoms with Gasteiger partial charge in [0.05, 0.1) is 5.25 Å². The number of imide groups is 1. The van der Waals surface area contributed by atoms with Crippen LogP contribution in [-0.4, -0.2) is 16.4 Å². The Morgan fingerprint density at radius 2 is 1.79 bits per heavy atom. The Labute approximate surface area is 89.3 Å². The van der Waals surface area contributed by atoms with Gasteiger partial charge in [-0.25, -0.2) is 0 Å². The molecule has 1 unspecified atom stereocenters. The molecule has 0 saturated carbocycles. The topological polar surface area (TPSA) is 46.2 Å². The lowest BCUT2D eigenvalue weighted by atomic mass is 10.1. The maximum absolute atomic E-state index is 10.9. The first-order valence-electron chi connectivity index (χ1n) is 4.61. The van der Waals surface area contributed by atoms with E-state index in [1.165, 1.54) is 0 Å². The average Bonchev–Trinajstić information content (AvgIpc) is 2.46. The van der Waals surface area contributed by atoms with Crippen molar-refractivity contribution in [1.82, 2.24) is 5.32 Å². The van der Waals surface area contributed by atoms with Crippen LogP contribution in [0.4, 0.5) is 4.79 Å².